The first kappa shape index (κ1) is 14.6. The van der Waals surface area contributed by atoms with Crippen molar-refractivity contribution >= 4 is 17.6 Å². The number of carboxylic acid groups (broad SMARTS) is 1. The molecule has 0 saturated carbocycles. The Morgan fingerprint density at radius 1 is 1.26 bits per heavy atom. The zero-order valence-electron chi connectivity index (χ0n) is 10.6. The van der Waals surface area contributed by atoms with Gasteiger partial charge in [0.1, 0.15) is 18.1 Å². The fourth-order valence-electron chi connectivity index (χ4n) is 1.37. The second-order valence-corrected chi connectivity index (χ2v) is 3.57. The minimum atomic E-state index is -1.05. The molecule has 0 aliphatic carbocycles. The molecule has 1 aromatic carbocycles. The van der Waals surface area contributed by atoms with Crippen LogP contribution in [0.5, 0.6) is 11.5 Å². The van der Waals surface area contributed by atoms with Crippen molar-refractivity contribution in [3.05, 3.63) is 17.7 Å². The molecule has 1 aromatic rings. The number of carbonyl (C=O) groups is 2. The van der Waals surface area contributed by atoms with E-state index in [1.807, 2.05) is 0 Å². The van der Waals surface area contributed by atoms with Gasteiger partial charge >= 0.3 is 11.9 Å². The molecule has 0 aromatic heterocycles. The van der Waals surface area contributed by atoms with Gasteiger partial charge in [-0.3, -0.25) is 4.79 Å². The van der Waals surface area contributed by atoms with Crippen LogP contribution >= 0.6 is 0 Å². The molecular weight excluding hydrogens is 254 g/mol. The summed E-state index contributed by atoms with van der Waals surface area (Å²) >= 11 is 0. The highest BCUT2D eigenvalue weighted by molar-refractivity contribution is 5.97. The van der Waals surface area contributed by atoms with E-state index in [1.54, 1.807) is 0 Å². The molecule has 7 nitrogen and oxygen atoms in total. The van der Waals surface area contributed by atoms with Crippen LogP contribution < -0.4 is 15.2 Å². The Hall–Kier alpha value is -2.44. The fraction of sp³-hybridized carbons (Fsp3) is 0.333. The third-order valence-electron chi connectivity index (χ3n) is 2.34. The minimum absolute atomic E-state index is 0.0709. The van der Waals surface area contributed by atoms with E-state index >= 15 is 0 Å². The van der Waals surface area contributed by atoms with Gasteiger partial charge < -0.3 is 25.1 Å². The molecule has 0 saturated heterocycles. The lowest BCUT2D eigenvalue weighted by atomic mass is 10.1. The third-order valence-corrected chi connectivity index (χ3v) is 2.34. The highest BCUT2D eigenvalue weighted by atomic mass is 16.5. The number of benzene rings is 1. The number of hydrogen-bond acceptors (Lipinski definition) is 6. The number of ether oxygens (including phenoxy) is 3. The Morgan fingerprint density at radius 3 is 2.47 bits per heavy atom. The summed E-state index contributed by atoms with van der Waals surface area (Å²) in [6.07, 6.45) is -0.271. The van der Waals surface area contributed by atoms with Gasteiger partial charge in [-0.15, -0.1) is 0 Å². The van der Waals surface area contributed by atoms with E-state index in [0.29, 0.717) is 5.75 Å². The van der Waals surface area contributed by atoms with E-state index in [9.17, 15) is 9.59 Å². The summed E-state index contributed by atoms with van der Waals surface area (Å²) < 4.78 is 14.8. The van der Waals surface area contributed by atoms with Crippen LogP contribution in [0.1, 0.15) is 16.8 Å². The molecule has 3 N–H and O–H groups in total. The normalized spacial score (nSPS) is 9.79. The largest absolute Gasteiger partial charge is 0.497 e. The van der Waals surface area contributed by atoms with Gasteiger partial charge in [0, 0.05) is 6.07 Å². The van der Waals surface area contributed by atoms with Crippen molar-refractivity contribution in [1.82, 2.24) is 0 Å². The van der Waals surface area contributed by atoms with Gasteiger partial charge in [0.15, 0.2) is 0 Å². The standard InChI is InChI=1S/C12H15NO6/c1-17-7-5-8(11(13)9(6-7)18-2)12(16)19-4-3-10(14)15/h5-6H,3-4,13H2,1-2H3,(H,14,15). The average molecular weight is 269 g/mol. The predicted octanol–water partition coefficient (Wildman–Crippen LogP) is 0.917. The molecule has 19 heavy (non-hydrogen) atoms. The van der Waals surface area contributed by atoms with Crippen LogP contribution in [-0.2, 0) is 9.53 Å². The summed E-state index contributed by atoms with van der Waals surface area (Å²) in [7, 11) is 2.84. The number of carbonyl (C=O) groups excluding carboxylic acids is 1. The Bertz CT molecular complexity index is 485. The first-order valence-electron chi connectivity index (χ1n) is 5.40. The zero-order chi connectivity index (χ0) is 14.4. The summed E-state index contributed by atoms with van der Waals surface area (Å²) in [5.41, 5.74) is 5.94. The zero-order valence-corrected chi connectivity index (χ0v) is 10.6. The lowest BCUT2D eigenvalue weighted by Gasteiger charge is -2.12. The average Bonchev–Trinajstić information content (AvgIpc) is 2.38. The van der Waals surface area contributed by atoms with Crippen molar-refractivity contribution in [2.45, 2.75) is 6.42 Å². The van der Waals surface area contributed by atoms with Gasteiger partial charge in [-0.05, 0) is 6.07 Å². The molecule has 1 rings (SSSR count). The number of carboxylic acids is 1. The number of rotatable bonds is 6. The first-order chi connectivity index (χ1) is 8.99. The summed E-state index contributed by atoms with van der Waals surface area (Å²) in [6.45, 7) is -0.229. The van der Waals surface area contributed by atoms with Crippen LogP contribution in [0.25, 0.3) is 0 Å². The van der Waals surface area contributed by atoms with E-state index in [4.69, 9.17) is 25.1 Å². The number of aliphatic carboxylic acids is 1. The molecule has 0 bridgehead atoms. The third kappa shape index (κ3) is 3.77. The molecule has 104 valence electrons. The molecule has 0 spiro atoms. The summed E-state index contributed by atoms with van der Waals surface area (Å²) in [5, 5.41) is 8.46. The molecule has 0 atom stereocenters. The lowest BCUT2D eigenvalue weighted by molar-refractivity contribution is -0.137. The molecule has 0 heterocycles. The number of anilines is 1. The van der Waals surface area contributed by atoms with Crippen LogP contribution in [-0.4, -0.2) is 37.9 Å². The maximum absolute atomic E-state index is 11.8. The van der Waals surface area contributed by atoms with Crippen LogP contribution in [0.3, 0.4) is 0 Å². The quantitative estimate of drug-likeness (QED) is 0.583. The number of methoxy groups -OCH3 is 2. The maximum Gasteiger partial charge on any atom is 0.340 e. The SMILES string of the molecule is COc1cc(OC)c(N)c(C(=O)OCCC(=O)O)c1. The number of nitrogen functional groups attached to an aromatic ring is 1. The summed E-state index contributed by atoms with van der Waals surface area (Å²) in [6, 6.07) is 2.93. The molecule has 0 amide bonds. The molecule has 0 fully saturated rings. The van der Waals surface area contributed by atoms with Crippen LogP contribution in [0, 0.1) is 0 Å². The van der Waals surface area contributed by atoms with Crippen molar-refractivity contribution in [2.24, 2.45) is 0 Å². The van der Waals surface area contributed by atoms with Crippen molar-refractivity contribution in [2.75, 3.05) is 26.6 Å². The molecule has 0 unspecified atom stereocenters. The molecule has 7 heteroatoms. The van der Waals surface area contributed by atoms with Gasteiger partial charge in [0.2, 0.25) is 0 Å². The topological polar surface area (TPSA) is 108 Å². The fourth-order valence-corrected chi connectivity index (χ4v) is 1.37. The summed E-state index contributed by atoms with van der Waals surface area (Å²) in [4.78, 5) is 22.1. The molecule has 0 aliphatic rings. The Kier molecular flexibility index (Phi) is 4.99. The van der Waals surface area contributed by atoms with Gasteiger partial charge in [-0.2, -0.15) is 0 Å². The molecule has 0 radical (unpaired) electrons. The predicted molar refractivity (Wildman–Crippen MR) is 66.5 cm³/mol. The Balaban J connectivity index is 2.91. The van der Waals surface area contributed by atoms with Crippen LogP contribution in [0.4, 0.5) is 5.69 Å². The number of esters is 1. The highest BCUT2D eigenvalue weighted by Crippen LogP contribution is 2.31. The van der Waals surface area contributed by atoms with Crippen molar-refractivity contribution < 1.29 is 28.9 Å². The van der Waals surface area contributed by atoms with Gasteiger partial charge in [-0.1, -0.05) is 0 Å². The number of hydrogen-bond donors (Lipinski definition) is 2. The van der Waals surface area contributed by atoms with Crippen LogP contribution in [0.15, 0.2) is 12.1 Å². The second kappa shape index (κ2) is 6.48. The monoisotopic (exact) mass is 269 g/mol. The maximum atomic E-state index is 11.8. The Morgan fingerprint density at radius 2 is 1.95 bits per heavy atom. The van der Waals surface area contributed by atoms with E-state index in [1.165, 1.54) is 26.4 Å². The lowest BCUT2D eigenvalue weighted by Crippen LogP contribution is -2.12. The van der Waals surface area contributed by atoms with E-state index < -0.39 is 11.9 Å². The summed E-state index contributed by atoms with van der Waals surface area (Å²) in [5.74, 6) is -1.11. The van der Waals surface area contributed by atoms with Crippen LogP contribution in [0.2, 0.25) is 0 Å². The van der Waals surface area contributed by atoms with E-state index in [2.05, 4.69) is 0 Å². The number of nitrogens with two attached hydrogens (primary N) is 1. The van der Waals surface area contributed by atoms with Crippen molar-refractivity contribution in [3.8, 4) is 11.5 Å². The van der Waals surface area contributed by atoms with Gasteiger partial charge in [0.05, 0.1) is 31.9 Å². The van der Waals surface area contributed by atoms with Crippen molar-refractivity contribution in [1.29, 1.82) is 0 Å². The van der Waals surface area contributed by atoms with Gasteiger partial charge in [-0.25, -0.2) is 4.79 Å². The van der Waals surface area contributed by atoms with E-state index in [-0.39, 0.29) is 30.0 Å². The Labute approximate surface area is 109 Å². The van der Waals surface area contributed by atoms with E-state index in [0.717, 1.165) is 0 Å². The second-order valence-electron chi connectivity index (χ2n) is 3.57. The first-order valence-corrected chi connectivity index (χ1v) is 5.40. The van der Waals surface area contributed by atoms with Gasteiger partial charge in [0.25, 0.3) is 0 Å². The molecule has 0 aliphatic heterocycles. The highest BCUT2D eigenvalue weighted by Gasteiger charge is 2.17. The molecular formula is C12H15NO6. The minimum Gasteiger partial charge on any atom is -0.497 e. The smallest absolute Gasteiger partial charge is 0.340 e. The van der Waals surface area contributed by atoms with Crippen molar-refractivity contribution in [3.63, 3.8) is 0 Å².